The Kier molecular flexibility index (Phi) is 8.03. The Hall–Kier alpha value is -5.87. The lowest BCUT2D eigenvalue weighted by molar-refractivity contribution is 0.282. The monoisotopic (exact) mass is 724 g/mol. The van der Waals surface area contributed by atoms with Crippen LogP contribution in [0.4, 0.5) is 57.1 Å². The van der Waals surface area contributed by atoms with Gasteiger partial charge in [-0.15, -0.1) is 0 Å². The number of halogens is 13. The molecule has 0 aliphatic carbocycles. The average Bonchev–Trinajstić information content (AvgIpc) is 3.10. The molecule has 0 spiro atoms. The fourth-order valence-electron chi connectivity index (χ4n) is 5.44. The Bertz CT molecular complexity index is 2480. The van der Waals surface area contributed by atoms with Crippen molar-refractivity contribution in [2.75, 3.05) is 0 Å². The van der Waals surface area contributed by atoms with Gasteiger partial charge in [-0.2, -0.15) is 13.2 Å². The summed E-state index contributed by atoms with van der Waals surface area (Å²) in [5.74, 6) is -28.2. The van der Waals surface area contributed by atoms with E-state index in [0.29, 0.717) is 24.3 Å². The Morgan fingerprint density at radius 2 is 0.784 bits per heavy atom. The van der Waals surface area contributed by atoms with E-state index in [2.05, 4.69) is 0 Å². The second-order valence-electron chi connectivity index (χ2n) is 10.8. The molecule has 17 heteroatoms. The summed E-state index contributed by atoms with van der Waals surface area (Å²) in [6, 6.07) is 6.12. The second-order valence-corrected chi connectivity index (χ2v) is 10.8. The SMILES string of the molecule is Fc1cc(F)c(F)c(OB(Oc2c(F)c(F)c(F)c3cc4c(F)c(F)ccc4cc23)Oc2c(F)c(F)c(F)c3cc4c(F)c(F)ccc4cc23)c1. The molecule has 0 aromatic heterocycles. The largest absolute Gasteiger partial charge is 0.864 e. The van der Waals surface area contributed by atoms with E-state index >= 15 is 17.6 Å². The van der Waals surface area contributed by atoms with Gasteiger partial charge in [0.15, 0.2) is 69.7 Å². The molecule has 0 atom stereocenters. The number of fused-ring (bicyclic) bond motifs is 4. The fourth-order valence-corrected chi connectivity index (χ4v) is 5.44. The van der Waals surface area contributed by atoms with Crippen LogP contribution in [-0.2, 0) is 0 Å². The summed E-state index contributed by atoms with van der Waals surface area (Å²) in [6.45, 7) is 0. The molecule has 0 fully saturated rings. The molecule has 0 heterocycles. The molecule has 7 aromatic carbocycles. The predicted molar refractivity (Wildman–Crippen MR) is 156 cm³/mol. The molecule has 0 saturated heterocycles. The van der Waals surface area contributed by atoms with Crippen LogP contribution in [0.3, 0.4) is 0 Å². The summed E-state index contributed by atoms with van der Waals surface area (Å²) in [4.78, 5) is 0. The van der Waals surface area contributed by atoms with E-state index in [1.54, 1.807) is 0 Å². The van der Waals surface area contributed by atoms with Gasteiger partial charge in [0, 0.05) is 44.5 Å². The van der Waals surface area contributed by atoms with Crippen molar-refractivity contribution < 1.29 is 71.0 Å². The Morgan fingerprint density at radius 3 is 1.24 bits per heavy atom. The van der Waals surface area contributed by atoms with E-state index in [9.17, 15) is 39.5 Å². The van der Waals surface area contributed by atoms with Gasteiger partial charge in [0.25, 0.3) is 0 Å². The number of rotatable bonds is 6. The minimum absolute atomic E-state index is 0.0596. The van der Waals surface area contributed by atoms with Gasteiger partial charge in [-0.3, -0.25) is 0 Å². The summed E-state index contributed by atoms with van der Waals surface area (Å²) in [5.41, 5.74) is 0. The lowest BCUT2D eigenvalue weighted by atomic mass is 10.00. The fraction of sp³-hybridized carbons (Fsp3) is 0. The van der Waals surface area contributed by atoms with Crippen molar-refractivity contribution in [3.63, 3.8) is 0 Å². The normalized spacial score (nSPS) is 11.6. The van der Waals surface area contributed by atoms with E-state index in [0.717, 1.165) is 24.3 Å². The lowest BCUT2D eigenvalue weighted by Crippen LogP contribution is -2.38. The molecular formula is C34H10BF13O3. The third-order valence-corrected chi connectivity index (χ3v) is 7.83. The van der Waals surface area contributed by atoms with E-state index in [-0.39, 0.29) is 22.9 Å². The Labute approximate surface area is 275 Å². The van der Waals surface area contributed by atoms with Crippen molar-refractivity contribution in [2.45, 2.75) is 0 Å². The molecule has 0 saturated carbocycles. The highest BCUT2D eigenvalue weighted by Gasteiger charge is 2.38. The first-order valence-corrected chi connectivity index (χ1v) is 14.1. The molecule has 0 bridgehead atoms. The van der Waals surface area contributed by atoms with Crippen molar-refractivity contribution >= 4 is 50.4 Å². The standard InChI is InChI=1S/C34H10BF13O3/c36-13-7-22(39)28(44)23(8-13)49-35(50-33-18-5-11-1-3-20(37)24(40)14(11)9-16(18)26(42)29(45)31(33)47)51-34-19-6-12-2-4-21(38)25(41)15(12)10-17(19)27(43)30(46)32(34)48/h1-10H. The van der Waals surface area contributed by atoms with Crippen molar-refractivity contribution in [1.82, 2.24) is 0 Å². The van der Waals surface area contributed by atoms with Crippen LogP contribution in [0.15, 0.2) is 60.7 Å². The smallest absolute Gasteiger partial charge is 0.487 e. The maximum Gasteiger partial charge on any atom is 0.864 e. The Balaban J connectivity index is 1.46. The third kappa shape index (κ3) is 5.43. The summed E-state index contributed by atoms with van der Waals surface area (Å²) >= 11 is 0. The van der Waals surface area contributed by atoms with Gasteiger partial charge in [0.05, 0.1) is 0 Å². The van der Waals surface area contributed by atoms with E-state index < -0.39 is 133 Å². The van der Waals surface area contributed by atoms with Crippen LogP contribution in [0.2, 0.25) is 0 Å². The van der Waals surface area contributed by atoms with Crippen LogP contribution in [0.25, 0.3) is 43.1 Å². The molecule has 0 N–H and O–H groups in total. The summed E-state index contributed by atoms with van der Waals surface area (Å²) in [6.07, 6.45) is 0. The van der Waals surface area contributed by atoms with E-state index in [1.165, 1.54) is 0 Å². The maximum atomic E-state index is 15.4. The van der Waals surface area contributed by atoms with Crippen LogP contribution in [0.5, 0.6) is 17.2 Å². The number of hydrogen-bond donors (Lipinski definition) is 0. The highest BCUT2D eigenvalue weighted by Crippen LogP contribution is 2.41. The zero-order valence-corrected chi connectivity index (χ0v) is 24.5. The van der Waals surface area contributed by atoms with Gasteiger partial charge in [0.2, 0.25) is 11.6 Å². The highest BCUT2D eigenvalue weighted by atomic mass is 19.2. The summed E-state index contributed by atoms with van der Waals surface area (Å²) in [7, 11) is -2.97. The highest BCUT2D eigenvalue weighted by molar-refractivity contribution is 6.40. The van der Waals surface area contributed by atoms with Crippen molar-refractivity contribution in [3.8, 4) is 17.2 Å². The quantitative estimate of drug-likeness (QED) is 0.0562. The first kappa shape index (κ1) is 33.6. The van der Waals surface area contributed by atoms with Crippen LogP contribution >= 0.6 is 0 Å². The van der Waals surface area contributed by atoms with Gasteiger partial charge in [-0.1, -0.05) is 12.1 Å². The summed E-state index contributed by atoms with van der Waals surface area (Å²) in [5, 5.41) is -5.17. The molecule has 0 radical (unpaired) electrons. The van der Waals surface area contributed by atoms with Gasteiger partial charge in [-0.05, 0) is 47.2 Å². The molecule has 258 valence electrons. The van der Waals surface area contributed by atoms with Crippen LogP contribution in [0, 0.1) is 75.6 Å². The zero-order chi connectivity index (χ0) is 36.6. The number of benzene rings is 7. The van der Waals surface area contributed by atoms with Crippen LogP contribution in [0.1, 0.15) is 0 Å². The van der Waals surface area contributed by atoms with Crippen LogP contribution in [-0.4, -0.2) is 7.32 Å². The maximum absolute atomic E-state index is 15.4. The third-order valence-electron chi connectivity index (χ3n) is 7.83. The van der Waals surface area contributed by atoms with Gasteiger partial charge >= 0.3 is 7.32 Å². The van der Waals surface area contributed by atoms with Crippen molar-refractivity contribution in [2.24, 2.45) is 0 Å². The predicted octanol–water partition coefficient (Wildman–Crippen LogP) is 10.6. The van der Waals surface area contributed by atoms with E-state index in [1.807, 2.05) is 0 Å². The van der Waals surface area contributed by atoms with Gasteiger partial charge in [-0.25, -0.2) is 43.9 Å². The summed E-state index contributed by atoms with van der Waals surface area (Å²) < 4.78 is 206. The number of hydrogen-bond acceptors (Lipinski definition) is 3. The molecule has 0 aliphatic heterocycles. The topological polar surface area (TPSA) is 27.7 Å². The van der Waals surface area contributed by atoms with Gasteiger partial charge < -0.3 is 14.0 Å². The van der Waals surface area contributed by atoms with Crippen LogP contribution < -0.4 is 14.0 Å². The second kappa shape index (κ2) is 12.2. The molecule has 0 amide bonds. The molecule has 3 nitrogen and oxygen atoms in total. The van der Waals surface area contributed by atoms with Crippen molar-refractivity contribution in [3.05, 3.63) is 136 Å². The van der Waals surface area contributed by atoms with Gasteiger partial charge in [0.1, 0.15) is 11.6 Å². The van der Waals surface area contributed by atoms with Crippen molar-refractivity contribution in [1.29, 1.82) is 0 Å². The van der Waals surface area contributed by atoms with E-state index in [4.69, 9.17) is 14.0 Å². The molecule has 0 unspecified atom stereocenters. The first-order valence-electron chi connectivity index (χ1n) is 14.1. The Morgan fingerprint density at radius 1 is 0.333 bits per heavy atom. The zero-order valence-electron chi connectivity index (χ0n) is 24.5. The first-order chi connectivity index (χ1) is 24.2. The lowest BCUT2D eigenvalue weighted by Gasteiger charge is -2.21. The molecule has 7 rings (SSSR count). The minimum Gasteiger partial charge on any atom is -0.487 e. The minimum atomic E-state index is -2.97. The molecule has 0 aliphatic rings. The molecule has 51 heavy (non-hydrogen) atoms. The molecular weight excluding hydrogens is 714 g/mol. The average molecular weight is 724 g/mol. The molecule has 7 aromatic rings.